The average Bonchev–Trinajstić information content (AvgIpc) is 3.06. The molecular formula is C11H10BrClFNO2. The number of rotatable bonds is 4. The van der Waals surface area contributed by atoms with E-state index in [1.165, 1.54) is 0 Å². The van der Waals surface area contributed by atoms with E-state index in [1.54, 1.807) is 0 Å². The summed E-state index contributed by atoms with van der Waals surface area (Å²) in [5, 5.41) is 10.7. The molecule has 1 aromatic rings. The monoisotopic (exact) mass is 321 g/mol. The molecule has 2 rings (SSSR count). The molecule has 92 valence electrons. The summed E-state index contributed by atoms with van der Waals surface area (Å²) < 4.78 is 13.3. The van der Waals surface area contributed by atoms with Gasteiger partial charge in [-0.25, -0.2) is 4.39 Å². The van der Waals surface area contributed by atoms with Crippen molar-refractivity contribution in [1.29, 1.82) is 0 Å². The van der Waals surface area contributed by atoms with E-state index in [0.29, 0.717) is 17.9 Å². The first-order valence-corrected chi connectivity index (χ1v) is 6.54. The van der Waals surface area contributed by atoms with Crippen LogP contribution in [0.25, 0.3) is 0 Å². The van der Waals surface area contributed by atoms with E-state index >= 15 is 0 Å². The van der Waals surface area contributed by atoms with Crippen molar-refractivity contribution in [2.45, 2.75) is 24.1 Å². The number of nitrogens with zero attached hydrogens (tertiary/aromatic N) is 1. The highest BCUT2D eigenvalue weighted by Gasteiger charge is 2.31. The molecule has 0 bridgehead atoms. The Kier molecular flexibility index (Phi) is 3.68. The molecule has 0 N–H and O–H groups in total. The van der Waals surface area contributed by atoms with Crippen LogP contribution in [0.4, 0.5) is 10.1 Å². The standard InChI is InChI=1S/C11H10BrClFNO2/c12-8(6-1-2-6)3-7-4-10(14)9(13)5-11(7)15(16)17/h4-6,8H,1-3H2. The summed E-state index contributed by atoms with van der Waals surface area (Å²) in [6.07, 6.45) is 2.70. The molecule has 6 heteroatoms. The number of hydrogen-bond acceptors (Lipinski definition) is 2. The van der Waals surface area contributed by atoms with E-state index in [4.69, 9.17) is 11.6 Å². The molecule has 17 heavy (non-hydrogen) atoms. The Hall–Kier alpha value is -0.680. The summed E-state index contributed by atoms with van der Waals surface area (Å²) in [5.74, 6) is -0.0592. The van der Waals surface area contributed by atoms with Crippen molar-refractivity contribution in [2.75, 3.05) is 0 Å². The molecule has 3 nitrogen and oxygen atoms in total. The predicted octanol–water partition coefficient (Wildman–Crippen LogP) is 4.10. The van der Waals surface area contributed by atoms with Crippen molar-refractivity contribution in [3.8, 4) is 0 Å². The van der Waals surface area contributed by atoms with Gasteiger partial charge in [0.2, 0.25) is 0 Å². The largest absolute Gasteiger partial charge is 0.274 e. The van der Waals surface area contributed by atoms with Gasteiger partial charge in [0.25, 0.3) is 5.69 Å². The number of nitro groups is 1. The van der Waals surface area contributed by atoms with Gasteiger partial charge in [-0.15, -0.1) is 0 Å². The molecule has 1 unspecified atom stereocenters. The number of hydrogen-bond donors (Lipinski definition) is 0. The number of benzene rings is 1. The molecule has 1 aliphatic carbocycles. The van der Waals surface area contributed by atoms with Crippen LogP contribution in [-0.4, -0.2) is 9.75 Å². The van der Waals surface area contributed by atoms with E-state index in [9.17, 15) is 14.5 Å². The first kappa shape index (κ1) is 12.8. The third-order valence-corrected chi connectivity index (χ3v) is 4.23. The Morgan fingerprint density at radius 1 is 1.59 bits per heavy atom. The van der Waals surface area contributed by atoms with Crippen molar-refractivity contribution >= 4 is 33.2 Å². The molecular weight excluding hydrogens is 312 g/mol. The minimum absolute atomic E-state index is 0.110. The predicted molar refractivity (Wildman–Crippen MR) is 67.2 cm³/mol. The lowest BCUT2D eigenvalue weighted by molar-refractivity contribution is -0.385. The highest BCUT2D eigenvalue weighted by molar-refractivity contribution is 9.09. The Labute approximate surface area is 111 Å². The molecule has 0 saturated heterocycles. The first-order valence-electron chi connectivity index (χ1n) is 5.25. The molecule has 1 aliphatic rings. The smallest absolute Gasteiger partial charge is 0.258 e. The third kappa shape index (κ3) is 2.96. The third-order valence-electron chi connectivity index (χ3n) is 2.87. The molecule has 0 spiro atoms. The van der Waals surface area contributed by atoms with E-state index in [-0.39, 0.29) is 15.5 Å². The van der Waals surface area contributed by atoms with Crippen LogP contribution in [0.5, 0.6) is 0 Å². The molecule has 0 aromatic heterocycles. The Morgan fingerprint density at radius 2 is 2.24 bits per heavy atom. The molecule has 0 radical (unpaired) electrons. The topological polar surface area (TPSA) is 43.1 Å². The molecule has 0 amide bonds. The van der Waals surface area contributed by atoms with Crippen molar-refractivity contribution in [1.82, 2.24) is 0 Å². The lowest BCUT2D eigenvalue weighted by Gasteiger charge is -2.09. The van der Waals surface area contributed by atoms with Gasteiger partial charge in [0.1, 0.15) is 5.82 Å². The summed E-state index contributed by atoms with van der Waals surface area (Å²) in [6.45, 7) is 0. The van der Waals surface area contributed by atoms with Gasteiger partial charge in [0, 0.05) is 16.5 Å². The van der Waals surface area contributed by atoms with Crippen LogP contribution in [0.3, 0.4) is 0 Å². The minimum atomic E-state index is -0.609. The second-order valence-electron chi connectivity index (χ2n) is 4.21. The number of alkyl halides is 1. The van der Waals surface area contributed by atoms with Crippen LogP contribution in [0, 0.1) is 21.8 Å². The van der Waals surface area contributed by atoms with Crippen molar-refractivity contribution in [3.63, 3.8) is 0 Å². The van der Waals surface area contributed by atoms with E-state index in [0.717, 1.165) is 25.0 Å². The van der Waals surface area contributed by atoms with Gasteiger partial charge in [0.05, 0.1) is 9.95 Å². The second kappa shape index (κ2) is 4.90. The van der Waals surface area contributed by atoms with Gasteiger partial charge in [0.15, 0.2) is 0 Å². The molecule has 1 atom stereocenters. The summed E-state index contributed by atoms with van der Waals surface area (Å²) >= 11 is 9.04. The molecule has 1 aromatic carbocycles. The quantitative estimate of drug-likeness (QED) is 0.476. The zero-order valence-electron chi connectivity index (χ0n) is 8.83. The summed E-state index contributed by atoms with van der Waals surface area (Å²) in [4.78, 5) is 10.5. The fourth-order valence-electron chi connectivity index (χ4n) is 1.75. The molecule has 0 heterocycles. The molecule has 0 aliphatic heterocycles. The lowest BCUT2D eigenvalue weighted by Crippen LogP contribution is -2.07. The van der Waals surface area contributed by atoms with E-state index in [1.807, 2.05) is 0 Å². The maximum Gasteiger partial charge on any atom is 0.274 e. The summed E-state index contributed by atoms with van der Waals surface area (Å²) in [6, 6.07) is 2.25. The van der Waals surface area contributed by atoms with E-state index in [2.05, 4.69) is 15.9 Å². The van der Waals surface area contributed by atoms with Crippen LogP contribution in [0.2, 0.25) is 5.02 Å². The number of halogens is 3. The minimum Gasteiger partial charge on any atom is -0.258 e. The van der Waals surface area contributed by atoms with Crippen LogP contribution in [0.15, 0.2) is 12.1 Å². The summed E-state index contributed by atoms with van der Waals surface area (Å²) in [7, 11) is 0. The van der Waals surface area contributed by atoms with Crippen LogP contribution in [0.1, 0.15) is 18.4 Å². The van der Waals surface area contributed by atoms with Gasteiger partial charge in [-0.05, 0) is 31.2 Å². The zero-order chi connectivity index (χ0) is 12.6. The van der Waals surface area contributed by atoms with Crippen LogP contribution >= 0.6 is 27.5 Å². The van der Waals surface area contributed by atoms with Crippen molar-refractivity contribution in [3.05, 3.63) is 38.7 Å². The zero-order valence-corrected chi connectivity index (χ0v) is 11.2. The van der Waals surface area contributed by atoms with Gasteiger partial charge in [-0.1, -0.05) is 27.5 Å². The maximum atomic E-state index is 13.3. The maximum absolute atomic E-state index is 13.3. The molecule has 1 saturated carbocycles. The highest BCUT2D eigenvalue weighted by atomic mass is 79.9. The molecule has 1 fully saturated rings. The highest BCUT2D eigenvalue weighted by Crippen LogP contribution is 2.39. The second-order valence-corrected chi connectivity index (χ2v) is 5.79. The Balaban J connectivity index is 2.29. The SMILES string of the molecule is O=[N+]([O-])c1cc(Cl)c(F)cc1CC(Br)C1CC1. The van der Waals surface area contributed by atoms with Crippen molar-refractivity contribution in [2.24, 2.45) is 5.92 Å². The first-order chi connectivity index (χ1) is 7.99. The van der Waals surface area contributed by atoms with Gasteiger partial charge in [-0.2, -0.15) is 0 Å². The fraction of sp³-hybridized carbons (Fsp3) is 0.455. The van der Waals surface area contributed by atoms with Gasteiger partial charge < -0.3 is 0 Å². The summed E-state index contributed by atoms with van der Waals surface area (Å²) in [5.41, 5.74) is 0.284. The normalized spacial score (nSPS) is 16.9. The van der Waals surface area contributed by atoms with Gasteiger partial charge >= 0.3 is 0 Å². The number of nitro benzene ring substituents is 1. The Morgan fingerprint density at radius 3 is 2.76 bits per heavy atom. The van der Waals surface area contributed by atoms with E-state index < -0.39 is 10.7 Å². The average molecular weight is 323 g/mol. The Bertz CT molecular complexity index is 465. The van der Waals surface area contributed by atoms with Crippen molar-refractivity contribution < 1.29 is 9.31 Å². The van der Waals surface area contributed by atoms with Gasteiger partial charge in [-0.3, -0.25) is 10.1 Å². The van der Waals surface area contributed by atoms with Crippen LogP contribution < -0.4 is 0 Å². The lowest BCUT2D eigenvalue weighted by atomic mass is 10.1. The fourth-order valence-corrected chi connectivity index (χ4v) is 2.78. The van der Waals surface area contributed by atoms with Crippen LogP contribution in [-0.2, 0) is 6.42 Å².